The van der Waals surface area contributed by atoms with Gasteiger partial charge in [-0.2, -0.15) is 0 Å². The first-order valence-electron chi connectivity index (χ1n) is 6.95. The third-order valence-corrected chi connectivity index (χ3v) is 3.62. The second kappa shape index (κ2) is 5.73. The van der Waals surface area contributed by atoms with E-state index in [1.54, 1.807) is 21.0 Å². The minimum atomic E-state index is -0.800. The average molecular weight is 278 g/mol. The maximum absolute atomic E-state index is 11.2. The van der Waals surface area contributed by atoms with E-state index in [4.69, 9.17) is 9.47 Å². The number of carbonyl (C=O) groups is 1. The zero-order valence-corrected chi connectivity index (χ0v) is 12.3. The summed E-state index contributed by atoms with van der Waals surface area (Å²) in [7, 11) is 1.60. The van der Waals surface area contributed by atoms with Crippen molar-refractivity contribution < 1.29 is 19.4 Å². The molecule has 0 aliphatic heterocycles. The second-order valence-electron chi connectivity index (χ2n) is 6.11. The molecular formula is C16H22O4. The van der Waals surface area contributed by atoms with E-state index in [1.807, 2.05) is 18.2 Å². The Kier molecular flexibility index (Phi) is 4.21. The van der Waals surface area contributed by atoms with Crippen LogP contribution in [0.25, 0.3) is 0 Å². The molecule has 20 heavy (non-hydrogen) atoms. The first-order chi connectivity index (χ1) is 9.42. The van der Waals surface area contributed by atoms with Crippen LogP contribution in [-0.4, -0.2) is 24.8 Å². The topological polar surface area (TPSA) is 55.8 Å². The highest BCUT2D eigenvalue weighted by Gasteiger charge is 2.28. The number of rotatable bonds is 7. The lowest BCUT2D eigenvalue weighted by Crippen LogP contribution is -2.26. The molecule has 0 aromatic heterocycles. The Bertz CT molecular complexity index is 489. The van der Waals surface area contributed by atoms with Crippen LogP contribution in [-0.2, 0) is 11.2 Å². The van der Waals surface area contributed by atoms with Crippen molar-refractivity contribution in [1.29, 1.82) is 0 Å². The maximum Gasteiger partial charge on any atom is 0.309 e. The molecule has 1 aliphatic rings. The molecule has 0 saturated heterocycles. The lowest BCUT2D eigenvalue weighted by Gasteiger charge is -2.20. The lowest BCUT2D eigenvalue weighted by molar-refractivity contribution is -0.146. The van der Waals surface area contributed by atoms with E-state index in [0.717, 1.165) is 17.9 Å². The first kappa shape index (κ1) is 14.7. The fourth-order valence-corrected chi connectivity index (χ4v) is 2.02. The molecule has 0 amide bonds. The Morgan fingerprint density at radius 2 is 2.05 bits per heavy atom. The van der Waals surface area contributed by atoms with Gasteiger partial charge in [0.25, 0.3) is 0 Å². The van der Waals surface area contributed by atoms with Gasteiger partial charge in [0, 0.05) is 0 Å². The summed E-state index contributed by atoms with van der Waals surface area (Å²) in [4.78, 5) is 11.2. The van der Waals surface area contributed by atoms with Crippen LogP contribution in [0.15, 0.2) is 18.2 Å². The van der Waals surface area contributed by atoms with E-state index >= 15 is 0 Å². The fraction of sp³-hybridized carbons (Fsp3) is 0.562. The molecule has 0 bridgehead atoms. The van der Waals surface area contributed by atoms with Gasteiger partial charge in [-0.15, -0.1) is 0 Å². The average Bonchev–Trinajstić information content (AvgIpc) is 3.20. The van der Waals surface area contributed by atoms with E-state index < -0.39 is 11.4 Å². The van der Waals surface area contributed by atoms with E-state index in [-0.39, 0.29) is 0 Å². The molecule has 1 fully saturated rings. The van der Waals surface area contributed by atoms with Gasteiger partial charge in [-0.05, 0) is 56.7 Å². The second-order valence-corrected chi connectivity index (χ2v) is 6.11. The Hall–Kier alpha value is -1.71. The van der Waals surface area contributed by atoms with Gasteiger partial charge in [0.2, 0.25) is 0 Å². The van der Waals surface area contributed by atoms with Crippen molar-refractivity contribution >= 4 is 5.97 Å². The van der Waals surface area contributed by atoms with E-state index in [2.05, 4.69) is 0 Å². The maximum atomic E-state index is 11.2. The van der Waals surface area contributed by atoms with Crippen molar-refractivity contribution in [2.75, 3.05) is 13.7 Å². The summed E-state index contributed by atoms with van der Waals surface area (Å²) < 4.78 is 11.1. The summed E-state index contributed by atoms with van der Waals surface area (Å²) in [5.74, 6) is 1.29. The minimum absolute atomic E-state index is 0.460. The van der Waals surface area contributed by atoms with Gasteiger partial charge in [-0.3, -0.25) is 4.79 Å². The van der Waals surface area contributed by atoms with Crippen molar-refractivity contribution in [1.82, 2.24) is 0 Å². The lowest BCUT2D eigenvalue weighted by atomic mass is 9.86. The molecular weight excluding hydrogens is 256 g/mol. The van der Waals surface area contributed by atoms with E-state index in [0.29, 0.717) is 18.1 Å². The predicted octanol–water partition coefficient (Wildman–Crippen LogP) is 3.14. The molecule has 0 atom stereocenters. The molecule has 110 valence electrons. The van der Waals surface area contributed by atoms with Crippen LogP contribution >= 0.6 is 0 Å². The van der Waals surface area contributed by atoms with Crippen LogP contribution in [0.1, 0.15) is 32.3 Å². The number of benzene rings is 1. The van der Waals surface area contributed by atoms with Crippen LogP contribution in [0.2, 0.25) is 0 Å². The number of methoxy groups -OCH3 is 1. The van der Waals surface area contributed by atoms with Crippen LogP contribution in [0.3, 0.4) is 0 Å². The predicted molar refractivity (Wildman–Crippen MR) is 76.3 cm³/mol. The smallest absolute Gasteiger partial charge is 0.309 e. The highest BCUT2D eigenvalue weighted by molar-refractivity contribution is 5.74. The van der Waals surface area contributed by atoms with Gasteiger partial charge in [0.1, 0.15) is 0 Å². The third kappa shape index (κ3) is 3.65. The molecule has 1 aliphatic carbocycles. The summed E-state index contributed by atoms with van der Waals surface area (Å²) in [6.45, 7) is 4.18. The molecule has 0 heterocycles. The first-order valence-corrected chi connectivity index (χ1v) is 6.95. The van der Waals surface area contributed by atoms with Gasteiger partial charge in [-0.25, -0.2) is 0 Å². The SMILES string of the molecule is COc1cc(CC(C)(C)C(=O)O)ccc1OCC1CC1. The van der Waals surface area contributed by atoms with Crippen LogP contribution in [0, 0.1) is 11.3 Å². The molecule has 1 saturated carbocycles. The number of hydrogen-bond donors (Lipinski definition) is 1. The molecule has 0 unspecified atom stereocenters. The largest absolute Gasteiger partial charge is 0.493 e. The van der Waals surface area contributed by atoms with E-state index in [9.17, 15) is 9.90 Å². The van der Waals surface area contributed by atoms with Crippen LogP contribution < -0.4 is 9.47 Å². The summed E-state index contributed by atoms with van der Waals surface area (Å²) in [5, 5.41) is 9.18. The van der Waals surface area contributed by atoms with Crippen molar-refractivity contribution in [3.63, 3.8) is 0 Å². The van der Waals surface area contributed by atoms with Crippen molar-refractivity contribution in [2.45, 2.75) is 33.1 Å². The fourth-order valence-electron chi connectivity index (χ4n) is 2.02. The summed E-state index contributed by atoms with van der Waals surface area (Å²) in [5.41, 5.74) is 0.148. The Balaban J connectivity index is 2.09. The van der Waals surface area contributed by atoms with Gasteiger partial charge in [0.05, 0.1) is 19.1 Å². The van der Waals surface area contributed by atoms with Crippen molar-refractivity contribution in [3.05, 3.63) is 23.8 Å². The molecule has 4 nitrogen and oxygen atoms in total. The normalized spacial score (nSPS) is 14.9. The number of hydrogen-bond acceptors (Lipinski definition) is 3. The van der Waals surface area contributed by atoms with Crippen molar-refractivity contribution in [3.8, 4) is 11.5 Å². The molecule has 1 aromatic carbocycles. The number of carboxylic acid groups (broad SMARTS) is 1. The summed E-state index contributed by atoms with van der Waals surface area (Å²) in [6, 6.07) is 5.65. The van der Waals surface area contributed by atoms with Gasteiger partial charge >= 0.3 is 5.97 Å². The Morgan fingerprint density at radius 3 is 2.60 bits per heavy atom. The Morgan fingerprint density at radius 1 is 1.35 bits per heavy atom. The molecule has 4 heteroatoms. The molecule has 1 N–H and O–H groups in total. The Labute approximate surface area is 119 Å². The highest BCUT2D eigenvalue weighted by atomic mass is 16.5. The quantitative estimate of drug-likeness (QED) is 0.832. The summed E-state index contributed by atoms with van der Waals surface area (Å²) in [6.07, 6.45) is 2.95. The highest BCUT2D eigenvalue weighted by Crippen LogP contribution is 2.34. The van der Waals surface area contributed by atoms with Gasteiger partial charge < -0.3 is 14.6 Å². The van der Waals surface area contributed by atoms with Gasteiger partial charge in [0.15, 0.2) is 11.5 Å². The molecule has 2 rings (SSSR count). The van der Waals surface area contributed by atoms with Crippen LogP contribution in [0.4, 0.5) is 0 Å². The van der Waals surface area contributed by atoms with Crippen molar-refractivity contribution in [2.24, 2.45) is 11.3 Å². The number of carboxylic acids is 1. The number of ether oxygens (including phenoxy) is 2. The summed E-state index contributed by atoms with van der Waals surface area (Å²) >= 11 is 0. The molecule has 0 spiro atoms. The third-order valence-electron chi connectivity index (χ3n) is 3.62. The molecule has 1 aromatic rings. The number of aliphatic carboxylic acids is 1. The van der Waals surface area contributed by atoms with E-state index in [1.165, 1.54) is 12.8 Å². The zero-order valence-electron chi connectivity index (χ0n) is 12.3. The zero-order chi connectivity index (χ0) is 14.8. The molecule has 0 radical (unpaired) electrons. The monoisotopic (exact) mass is 278 g/mol. The standard InChI is InChI=1S/C16H22O4/c1-16(2,15(17)18)9-12-6-7-13(14(8-12)19-3)20-10-11-4-5-11/h6-8,11H,4-5,9-10H2,1-3H3,(H,17,18). The van der Waals surface area contributed by atoms with Crippen LogP contribution in [0.5, 0.6) is 11.5 Å². The van der Waals surface area contributed by atoms with Gasteiger partial charge in [-0.1, -0.05) is 6.07 Å². The minimum Gasteiger partial charge on any atom is -0.493 e.